The van der Waals surface area contributed by atoms with Crippen molar-refractivity contribution in [2.75, 3.05) is 19.3 Å². The van der Waals surface area contributed by atoms with E-state index in [0.29, 0.717) is 12.1 Å². The van der Waals surface area contributed by atoms with Crippen LogP contribution in [0.5, 0.6) is 0 Å². The van der Waals surface area contributed by atoms with Gasteiger partial charge in [0.25, 0.3) is 0 Å². The van der Waals surface area contributed by atoms with Crippen molar-refractivity contribution in [1.82, 2.24) is 9.62 Å². The number of benzene rings is 1. The fourth-order valence-corrected chi connectivity index (χ4v) is 2.68. The normalized spacial score (nSPS) is 11.6. The maximum absolute atomic E-state index is 12.9. The number of hydrogen-bond donors (Lipinski definition) is 1. The number of carbonyl (C=O) groups excluding carboxylic acids is 1. The second-order valence-electron chi connectivity index (χ2n) is 5.18. The molecule has 0 aliphatic carbocycles. The maximum atomic E-state index is 12.9. The number of carbonyl (C=O) groups is 1. The minimum absolute atomic E-state index is 0.105. The molecule has 0 aliphatic rings. The summed E-state index contributed by atoms with van der Waals surface area (Å²) in [6, 6.07) is 5.64. The summed E-state index contributed by atoms with van der Waals surface area (Å²) >= 11 is 0. The van der Waals surface area contributed by atoms with Gasteiger partial charge in [0.2, 0.25) is 15.9 Å². The molecule has 124 valence electrons. The van der Waals surface area contributed by atoms with Crippen LogP contribution in [0, 0.1) is 5.82 Å². The maximum Gasteiger partial charge on any atom is 0.221 e. The quantitative estimate of drug-likeness (QED) is 0.703. The number of nitrogens with zero attached hydrogens (tertiary/aromatic N) is 1. The summed E-state index contributed by atoms with van der Waals surface area (Å²) in [4.78, 5) is 11.7. The zero-order valence-corrected chi connectivity index (χ0v) is 13.8. The van der Waals surface area contributed by atoms with E-state index in [0.717, 1.165) is 19.1 Å². The molecular weight excluding hydrogens is 307 g/mol. The van der Waals surface area contributed by atoms with E-state index in [2.05, 4.69) is 5.32 Å². The van der Waals surface area contributed by atoms with E-state index in [-0.39, 0.29) is 31.2 Å². The molecule has 5 nitrogen and oxygen atoms in total. The van der Waals surface area contributed by atoms with Crippen LogP contribution in [-0.4, -0.2) is 38.0 Å². The molecule has 22 heavy (non-hydrogen) atoms. The summed E-state index contributed by atoms with van der Waals surface area (Å²) in [6.45, 7) is 2.86. The van der Waals surface area contributed by atoms with Crippen molar-refractivity contribution in [3.8, 4) is 0 Å². The van der Waals surface area contributed by atoms with Crippen molar-refractivity contribution >= 4 is 15.9 Å². The molecule has 0 heterocycles. The molecule has 0 aliphatic heterocycles. The fraction of sp³-hybridized carbons (Fsp3) is 0.533. The molecule has 0 unspecified atom stereocenters. The predicted octanol–water partition coefficient (Wildman–Crippen LogP) is 1.89. The third-order valence-electron chi connectivity index (χ3n) is 3.18. The number of sulfonamides is 1. The highest BCUT2D eigenvalue weighted by molar-refractivity contribution is 7.88. The Morgan fingerprint density at radius 2 is 1.91 bits per heavy atom. The van der Waals surface area contributed by atoms with E-state index in [9.17, 15) is 17.6 Å². The molecule has 0 spiro atoms. The Labute approximate surface area is 131 Å². The van der Waals surface area contributed by atoms with E-state index >= 15 is 0 Å². The monoisotopic (exact) mass is 330 g/mol. The van der Waals surface area contributed by atoms with Gasteiger partial charge in [0.15, 0.2) is 0 Å². The third-order valence-corrected chi connectivity index (χ3v) is 4.43. The zero-order valence-electron chi connectivity index (χ0n) is 13.0. The van der Waals surface area contributed by atoms with Gasteiger partial charge in [0.1, 0.15) is 5.82 Å². The lowest BCUT2D eigenvalue weighted by Crippen LogP contribution is -2.34. The van der Waals surface area contributed by atoms with Crippen molar-refractivity contribution in [3.05, 3.63) is 35.6 Å². The lowest BCUT2D eigenvalue weighted by molar-refractivity contribution is -0.121. The zero-order chi connectivity index (χ0) is 16.6. The van der Waals surface area contributed by atoms with Crippen LogP contribution in [0.15, 0.2) is 24.3 Å². The lowest BCUT2D eigenvalue weighted by atomic mass is 10.2. The summed E-state index contributed by atoms with van der Waals surface area (Å²) in [5.74, 6) is -0.536. The molecule has 1 rings (SSSR count). The van der Waals surface area contributed by atoms with Gasteiger partial charge in [-0.1, -0.05) is 25.5 Å². The van der Waals surface area contributed by atoms with Gasteiger partial charge in [-0.3, -0.25) is 4.79 Å². The van der Waals surface area contributed by atoms with Crippen LogP contribution < -0.4 is 5.32 Å². The molecule has 1 aromatic rings. The van der Waals surface area contributed by atoms with E-state index in [1.165, 1.54) is 28.6 Å². The Kier molecular flexibility index (Phi) is 7.47. The molecule has 1 amide bonds. The molecule has 0 aromatic heterocycles. The Morgan fingerprint density at radius 3 is 2.45 bits per heavy atom. The number of unbranched alkanes of at least 4 members (excludes halogenated alkanes) is 1. The summed E-state index contributed by atoms with van der Waals surface area (Å²) in [6.07, 6.45) is 3.10. The van der Waals surface area contributed by atoms with Crippen molar-refractivity contribution in [2.24, 2.45) is 0 Å². The largest absolute Gasteiger partial charge is 0.356 e. The number of rotatable bonds is 9. The highest BCUT2D eigenvalue weighted by Crippen LogP contribution is 2.10. The van der Waals surface area contributed by atoms with Gasteiger partial charge < -0.3 is 5.32 Å². The first-order chi connectivity index (χ1) is 10.3. The van der Waals surface area contributed by atoms with E-state index in [4.69, 9.17) is 0 Å². The third kappa shape index (κ3) is 7.00. The van der Waals surface area contributed by atoms with Gasteiger partial charge in [0, 0.05) is 26.1 Å². The van der Waals surface area contributed by atoms with Gasteiger partial charge in [-0.25, -0.2) is 12.8 Å². The molecule has 0 bridgehead atoms. The van der Waals surface area contributed by atoms with Crippen molar-refractivity contribution < 1.29 is 17.6 Å². The second kappa shape index (κ2) is 8.85. The molecule has 0 fully saturated rings. The first kappa shape index (κ1) is 18.6. The summed E-state index contributed by atoms with van der Waals surface area (Å²) in [5.41, 5.74) is 0.679. The number of hydrogen-bond acceptors (Lipinski definition) is 3. The van der Waals surface area contributed by atoms with Crippen molar-refractivity contribution in [3.63, 3.8) is 0 Å². The van der Waals surface area contributed by atoms with Crippen LogP contribution >= 0.6 is 0 Å². The molecule has 0 radical (unpaired) electrons. The number of amides is 1. The van der Waals surface area contributed by atoms with Gasteiger partial charge >= 0.3 is 0 Å². The summed E-state index contributed by atoms with van der Waals surface area (Å²) in [5, 5.41) is 2.75. The molecule has 1 aromatic carbocycles. The van der Waals surface area contributed by atoms with Crippen LogP contribution in [0.3, 0.4) is 0 Å². The van der Waals surface area contributed by atoms with Gasteiger partial charge in [0.05, 0.1) is 6.26 Å². The Hall–Kier alpha value is -1.47. The van der Waals surface area contributed by atoms with Crippen LogP contribution in [0.2, 0.25) is 0 Å². The molecular formula is C15H23FN2O3S. The molecule has 1 N–H and O–H groups in total. The Balaban J connectivity index is 2.59. The number of nitrogens with one attached hydrogen (secondary N) is 1. The fourth-order valence-electron chi connectivity index (χ4n) is 1.87. The lowest BCUT2D eigenvalue weighted by Gasteiger charge is -2.19. The van der Waals surface area contributed by atoms with Crippen molar-refractivity contribution in [2.45, 2.75) is 32.7 Å². The Morgan fingerprint density at radius 1 is 1.27 bits per heavy atom. The average Bonchev–Trinajstić information content (AvgIpc) is 2.44. The molecule has 0 saturated carbocycles. The highest BCUT2D eigenvalue weighted by Gasteiger charge is 2.18. The van der Waals surface area contributed by atoms with Gasteiger partial charge in [-0.15, -0.1) is 0 Å². The molecule has 0 atom stereocenters. The SMILES string of the molecule is CCCCNC(=O)CCN(Cc1ccc(F)cc1)S(C)(=O)=O. The van der Waals surface area contributed by atoms with E-state index < -0.39 is 10.0 Å². The first-order valence-corrected chi connectivity index (χ1v) is 9.14. The summed E-state index contributed by atoms with van der Waals surface area (Å²) in [7, 11) is -3.43. The predicted molar refractivity (Wildman–Crippen MR) is 84.2 cm³/mol. The van der Waals surface area contributed by atoms with Crippen LogP contribution in [0.1, 0.15) is 31.7 Å². The smallest absolute Gasteiger partial charge is 0.221 e. The van der Waals surface area contributed by atoms with E-state index in [1.807, 2.05) is 6.92 Å². The number of halogens is 1. The molecule has 0 saturated heterocycles. The minimum Gasteiger partial charge on any atom is -0.356 e. The highest BCUT2D eigenvalue weighted by atomic mass is 32.2. The molecule has 7 heteroatoms. The second-order valence-corrected chi connectivity index (χ2v) is 7.16. The van der Waals surface area contributed by atoms with Crippen molar-refractivity contribution in [1.29, 1.82) is 0 Å². The average molecular weight is 330 g/mol. The van der Waals surface area contributed by atoms with E-state index in [1.54, 1.807) is 0 Å². The first-order valence-electron chi connectivity index (χ1n) is 7.29. The Bertz CT molecular complexity index is 573. The topological polar surface area (TPSA) is 66.5 Å². The van der Waals surface area contributed by atoms with Crippen LogP contribution in [0.4, 0.5) is 4.39 Å². The minimum atomic E-state index is -3.43. The van der Waals surface area contributed by atoms with Gasteiger partial charge in [-0.2, -0.15) is 4.31 Å². The standard InChI is InChI=1S/C15H23FN2O3S/c1-3-4-10-17-15(19)9-11-18(22(2,20)21)12-13-5-7-14(16)8-6-13/h5-8H,3-4,9-12H2,1-2H3,(H,17,19). The van der Waals surface area contributed by atoms with Gasteiger partial charge in [-0.05, 0) is 24.1 Å². The van der Waals surface area contributed by atoms with Crippen LogP contribution in [0.25, 0.3) is 0 Å². The van der Waals surface area contributed by atoms with Crippen LogP contribution in [-0.2, 0) is 21.4 Å². The summed E-state index contributed by atoms with van der Waals surface area (Å²) < 4.78 is 37.7.